The van der Waals surface area contributed by atoms with Gasteiger partial charge in [-0.3, -0.25) is 0 Å². The molecule has 3 saturated carbocycles. The lowest BCUT2D eigenvalue weighted by Gasteiger charge is -2.43. The predicted octanol–water partition coefficient (Wildman–Crippen LogP) is 6.38. The molecule has 0 aliphatic heterocycles. The van der Waals surface area contributed by atoms with Crippen LogP contribution in [0.25, 0.3) is 0 Å². The summed E-state index contributed by atoms with van der Waals surface area (Å²) in [6.45, 7) is 0. The second-order valence-corrected chi connectivity index (χ2v) is 8.97. The molecule has 2 atom stereocenters. The van der Waals surface area contributed by atoms with Crippen molar-refractivity contribution in [1.29, 1.82) is 0 Å². The van der Waals surface area contributed by atoms with Gasteiger partial charge in [0.15, 0.2) is 0 Å². The summed E-state index contributed by atoms with van der Waals surface area (Å²) in [6, 6.07) is 0. The summed E-state index contributed by atoms with van der Waals surface area (Å²) in [4.78, 5) is 0. The second kappa shape index (κ2) is 8.50. The zero-order valence-corrected chi connectivity index (χ0v) is 15.6. The smallest absolute Gasteiger partial charge is 0.317 e. The Kier molecular flexibility index (Phi) is 6.75. The largest absolute Gasteiger partial charge is 0.364 e. The summed E-state index contributed by atoms with van der Waals surface area (Å²) in [5.74, 6) is -2.11. The van der Waals surface area contributed by atoms with Crippen LogP contribution >= 0.6 is 11.6 Å². The lowest BCUT2D eigenvalue weighted by atomic mass is 9.69. The van der Waals surface area contributed by atoms with Crippen LogP contribution in [0.5, 0.6) is 0 Å². The highest BCUT2D eigenvalue weighted by atomic mass is 35.5. The van der Waals surface area contributed by atoms with Gasteiger partial charge in [-0.05, 0) is 76.0 Å². The summed E-state index contributed by atoms with van der Waals surface area (Å²) >= 11 is 6.08. The van der Waals surface area contributed by atoms with E-state index in [1.807, 2.05) is 0 Å². The molecule has 0 bridgehead atoms. The van der Waals surface area contributed by atoms with Gasteiger partial charge in [-0.2, -0.15) is 8.78 Å². The number of hydrogen-bond acceptors (Lipinski definition) is 1. The van der Waals surface area contributed by atoms with E-state index in [-0.39, 0.29) is 55.7 Å². The molecule has 3 aliphatic carbocycles. The second-order valence-electron chi connectivity index (χ2n) is 8.35. The minimum Gasteiger partial charge on any atom is -0.317 e. The molecule has 0 aromatic rings. The lowest BCUT2D eigenvalue weighted by molar-refractivity contribution is -0.320. The normalized spacial score (nSPS) is 45.5. The molecule has 2 unspecified atom stereocenters. The van der Waals surface area contributed by atoms with E-state index < -0.39 is 36.6 Å². The molecule has 0 spiro atoms. The molecule has 0 amide bonds. The van der Waals surface area contributed by atoms with E-state index in [1.165, 1.54) is 0 Å². The summed E-state index contributed by atoms with van der Waals surface area (Å²) in [5.41, 5.74) is 0. The van der Waals surface area contributed by atoms with Gasteiger partial charge in [0.2, 0.25) is 0 Å². The van der Waals surface area contributed by atoms with Crippen LogP contribution in [-0.2, 0) is 4.74 Å². The number of hydrogen-bond donors (Lipinski definition) is 0. The van der Waals surface area contributed by atoms with Crippen molar-refractivity contribution in [3.63, 3.8) is 0 Å². The topological polar surface area (TPSA) is 9.23 Å². The number of halogens is 6. The summed E-state index contributed by atoms with van der Waals surface area (Å²) in [7, 11) is 0. The fraction of sp³-hybridized carbons (Fsp3) is 1.00. The van der Waals surface area contributed by atoms with E-state index in [1.54, 1.807) is 0 Å². The number of rotatable bonds is 4. The van der Waals surface area contributed by atoms with Crippen molar-refractivity contribution in [2.45, 2.75) is 100 Å². The third kappa shape index (κ3) is 4.84. The summed E-state index contributed by atoms with van der Waals surface area (Å²) < 4.78 is 76.2. The molecule has 1 nitrogen and oxygen atoms in total. The highest BCUT2D eigenvalue weighted by Gasteiger charge is 2.56. The molecule has 3 fully saturated rings. The van der Waals surface area contributed by atoms with Crippen LogP contribution in [0.2, 0.25) is 0 Å². The third-order valence-electron chi connectivity index (χ3n) is 6.52. The molecule has 152 valence electrons. The van der Waals surface area contributed by atoms with Crippen LogP contribution < -0.4 is 0 Å². The zero-order valence-electron chi connectivity index (χ0n) is 14.9. The molecule has 0 N–H and O–H groups in total. The molecule has 7 heteroatoms. The Bertz CT molecular complexity index is 437. The molecule has 3 aliphatic rings. The van der Waals surface area contributed by atoms with Gasteiger partial charge < -0.3 is 4.74 Å². The van der Waals surface area contributed by atoms with Crippen LogP contribution in [0, 0.1) is 17.8 Å². The average Bonchev–Trinajstić information content (AvgIpc) is 2.56. The van der Waals surface area contributed by atoms with Crippen LogP contribution in [0.15, 0.2) is 0 Å². The first-order chi connectivity index (χ1) is 12.3. The van der Waals surface area contributed by atoms with Crippen LogP contribution in [0.3, 0.4) is 0 Å². The van der Waals surface area contributed by atoms with Crippen molar-refractivity contribution in [3.05, 3.63) is 0 Å². The van der Waals surface area contributed by atoms with Crippen molar-refractivity contribution in [1.82, 2.24) is 0 Å². The van der Waals surface area contributed by atoms with E-state index >= 15 is 0 Å². The Balaban J connectivity index is 1.58. The monoisotopic (exact) mass is 402 g/mol. The van der Waals surface area contributed by atoms with Gasteiger partial charge in [0, 0.05) is 5.38 Å². The minimum atomic E-state index is -3.86. The Labute approximate surface area is 157 Å². The molecule has 0 radical (unpaired) electrons. The highest BCUT2D eigenvalue weighted by Crippen LogP contribution is 2.48. The zero-order chi connectivity index (χ0) is 18.9. The third-order valence-corrected chi connectivity index (χ3v) is 6.96. The molecule has 0 heterocycles. The molecule has 3 rings (SSSR count). The predicted molar refractivity (Wildman–Crippen MR) is 90.8 cm³/mol. The van der Waals surface area contributed by atoms with Gasteiger partial charge in [-0.1, -0.05) is 0 Å². The minimum absolute atomic E-state index is 0.0428. The maximum Gasteiger partial charge on any atom is 0.364 e. The average molecular weight is 403 g/mol. The Morgan fingerprint density at radius 2 is 1.27 bits per heavy atom. The molecular formula is C19H28ClF5O. The van der Waals surface area contributed by atoms with Gasteiger partial charge in [0.05, 0.1) is 6.10 Å². The first-order valence-corrected chi connectivity index (χ1v) is 10.3. The maximum atomic E-state index is 14.6. The molecular weight excluding hydrogens is 375 g/mol. The standard InChI is InChI=1S/C19H28ClF5O/c20-13-3-1-11(2-4-13)12-9-16(22)18(17(23)10-12)19(24,25)26-15-7-5-14(21)6-8-15/h11-18H,1-10H2. The highest BCUT2D eigenvalue weighted by molar-refractivity contribution is 6.20. The molecule has 26 heavy (non-hydrogen) atoms. The van der Waals surface area contributed by atoms with E-state index in [9.17, 15) is 22.0 Å². The van der Waals surface area contributed by atoms with Gasteiger partial charge in [-0.25, -0.2) is 13.2 Å². The van der Waals surface area contributed by atoms with Crippen LogP contribution in [0.4, 0.5) is 22.0 Å². The van der Waals surface area contributed by atoms with Crippen molar-refractivity contribution in [2.24, 2.45) is 17.8 Å². The Morgan fingerprint density at radius 3 is 1.81 bits per heavy atom. The van der Waals surface area contributed by atoms with Gasteiger partial charge in [-0.15, -0.1) is 11.6 Å². The SMILES string of the molecule is FC1CCC(OC(F)(F)C2C(F)CC(C3CCC(Cl)CC3)CC2F)CC1. The first kappa shape index (κ1) is 20.6. The molecule has 0 aromatic heterocycles. The van der Waals surface area contributed by atoms with E-state index in [2.05, 4.69) is 0 Å². The van der Waals surface area contributed by atoms with E-state index in [0.717, 1.165) is 25.7 Å². The maximum absolute atomic E-state index is 14.6. The fourth-order valence-corrected chi connectivity index (χ4v) is 5.24. The molecule has 0 aromatic carbocycles. The lowest BCUT2D eigenvalue weighted by Crippen LogP contribution is -2.50. The van der Waals surface area contributed by atoms with Gasteiger partial charge in [0.1, 0.15) is 24.4 Å². The summed E-state index contributed by atoms with van der Waals surface area (Å²) in [5, 5.41) is 0.113. The van der Waals surface area contributed by atoms with Crippen molar-refractivity contribution in [3.8, 4) is 0 Å². The van der Waals surface area contributed by atoms with Gasteiger partial charge >= 0.3 is 6.11 Å². The Morgan fingerprint density at radius 1 is 0.731 bits per heavy atom. The molecule has 0 saturated heterocycles. The van der Waals surface area contributed by atoms with Crippen molar-refractivity contribution in [2.75, 3.05) is 0 Å². The quantitative estimate of drug-likeness (QED) is 0.392. The van der Waals surface area contributed by atoms with Crippen LogP contribution in [-0.4, -0.2) is 36.1 Å². The van der Waals surface area contributed by atoms with E-state index in [4.69, 9.17) is 16.3 Å². The number of alkyl halides is 6. The van der Waals surface area contributed by atoms with Gasteiger partial charge in [0.25, 0.3) is 0 Å². The summed E-state index contributed by atoms with van der Waals surface area (Å²) in [6.07, 6.45) is -5.71. The van der Waals surface area contributed by atoms with E-state index in [0.29, 0.717) is 0 Å². The first-order valence-electron chi connectivity index (χ1n) is 9.88. The number of ether oxygens (including phenoxy) is 1. The van der Waals surface area contributed by atoms with Crippen molar-refractivity contribution >= 4 is 11.6 Å². The van der Waals surface area contributed by atoms with Crippen LogP contribution in [0.1, 0.15) is 64.2 Å². The van der Waals surface area contributed by atoms with Crippen molar-refractivity contribution < 1.29 is 26.7 Å². The fourth-order valence-electron chi connectivity index (χ4n) is 4.99. The Hall–Kier alpha value is -0.100.